The Hall–Kier alpha value is -1.99. The Morgan fingerprint density at radius 3 is 2.52 bits per heavy atom. The van der Waals surface area contributed by atoms with Gasteiger partial charge in [0.25, 0.3) is 0 Å². The molecule has 3 rings (SSSR count). The van der Waals surface area contributed by atoms with Gasteiger partial charge in [-0.1, -0.05) is 12.1 Å². The molecule has 25 heavy (non-hydrogen) atoms. The largest absolute Gasteiger partial charge is 0.352 e. The number of amides is 2. The number of para-hydroxylation sites is 1. The lowest BCUT2D eigenvalue weighted by Crippen LogP contribution is -2.54. The number of benzene rings is 1. The van der Waals surface area contributed by atoms with Crippen LogP contribution in [0, 0.1) is 5.82 Å². The molecule has 1 aromatic rings. The Morgan fingerprint density at radius 1 is 1.20 bits per heavy atom. The Morgan fingerprint density at radius 2 is 1.88 bits per heavy atom. The molecular formula is C18H25FN4O2. The SMILES string of the molecule is CC(C(=O)Nc1ccccc1F)N1CCN(CC(=O)NC2CC2)CC1. The van der Waals surface area contributed by atoms with E-state index >= 15 is 0 Å². The minimum atomic E-state index is -0.436. The number of carbonyl (C=O) groups excluding carboxylic acids is 2. The second-order valence-corrected chi connectivity index (χ2v) is 6.80. The zero-order valence-electron chi connectivity index (χ0n) is 14.5. The van der Waals surface area contributed by atoms with E-state index in [1.807, 2.05) is 6.92 Å². The summed E-state index contributed by atoms with van der Waals surface area (Å²) in [6.07, 6.45) is 2.18. The van der Waals surface area contributed by atoms with Crippen molar-refractivity contribution in [3.8, 4) is 0 Å². The second-order valence-electron chi connectivity index (χ2n) is 6.80. The second kappa shape index (κ2) is 7.93. The van der Waals surface area contributed by atoms with Gasteiger partial charge in [0.05, 0.1) is 18.3 Å². The summed E-state index contributed by atoms with van der Waals surface area (Å²) in [7, 11) is 0. The van der Waals surface area contributed by atoms with Gasteiger partial charge in [-0.15, -0.1) is 0 Å². The molecule has 1 saturated heterocycles. The molecule has 6 nitrogen and oxygen atoms in total. The van der Waals surface area contributed by atoms with Crippen molar-refractivity contribution in [2.24, 2.45) is 0 Å². The summed E-state index contributed by atoms with van der Waals surface area (Å²) in [4.78, 5) is 28.4. The number of piperazine rings is 1. The molecule has 2 fully saturated rings. The van der Waals surface area contributed by atoms with Gasteiger partial charge >= 0.3 is 0 Å². The van der Waals surface area contributed by atoms with Crippen molar-refractivity contribution >= 4 is 17.5 Å². The average Bonchev–Trinajstić information content (AvgIpc) is 3.40. The maximum absolute atomic E-state index is 13.7. The van der Waals surface area contributed by atoms with Gasteiger partial charge in [0, 0.05) is 32.2 Å². The molecule has 0 spiro atoms. The van der Waals surface area contributed by atoms with Crippen LogP contribution in [-0.2, 0) is 9.59 Å². The Bertz CT molecular complexity index is 627. The number of nitrogens with one attached hydrogen (secondary N) is 2. The molecule has 136 valence electrons. The first-order chi connectivity index (χ1) is 12.0. The zero-order valence-corrected chi connectivity index (χ0v) is 14.5. The van der Waals surface area contributed by atoms with E-state index in [1.54, 1.807) is 18.2 Å². The van der Waals surface area contributed by atoms with Crippen LogP contribution in [0.4, 0.5) is 10.1 Å². The van der Waals surface area contributed by atoms with Crippen molar-refractivity contribution in [3.63, 3.8) is 0 Å². The molecule has 1 aliphatic carbocycles. The summed E-state index contributed by atoms with van der Waals surface area (Å²) in [6, 6.07) is 6.20. The Kier molecular flexibility index (Phi) is 5.65. The van der Waals surface area contributed by atoms with Crippen LogP contribution in [0.2, 0.25) is 0 Å². The van der Waals surface area contributed by atoms with E-state index in [0.717, 1.165) is 25.9 Å². The fourth-order valence-electron chi connectivity index (χ4n) is 2.98. The summed E-state index contributed by atoms with van der Waals surface area (Å²) in [5, 5.41) is 5.64. The molecule has 0 bridgehead atoms. The number of hydrogen-bond acceptors (Lipinski definition) is 4. The first-order valence-electron chi connectivity index (χ1n) is 8.84. The Labute approximate surface area is 147 Å². The van der Waals surface area contributed by atoms with Crippen molar-refractivity contribution in [2.45, 2.75) is 31.8 Å². The van der Waals surface area contributed by atoms with Gasteiger partial charge < -0.3 is 10.6 Å². The molecule has 1 aliphatic heterocycles. The van der Waals surface area contributed by atoms with Crippen LogP contribution in [-0.4, -0.2) is 66.4 Å². The number of halogens is 1. The first-order valence-corrected chi connectivity index (χ1v) is 8.84. The van der Waals surface area contributed by atoms with Gasteiger partial charge in [0.15, 0.2) is 0 Å². The number of rotatable bonds is 6. The molecule has 1 aromatic carbocycles. The van der Waals surface area contributed by atoms with Crippen molar-refractivity contribution in [3.05, 3.63) is 30.1 Å². The number of nitrogens with zero attached hydrogens (tertiary/aromatic N) is 2. The highest BCUT2D eigenvalue weighted by atomic mass is 19.1. The van der Waals surface area contributed by atoms with E-state index in [-0.39, 0.29) is 23.5 Å². The van der Waals surface area contributed by atoms with E-state index < -0.39 is 5.82 Å². The predicted molar refractivity (Wildman–Crippen MR) is 93.7 cm³/mol. The van der Waals surface area contributed by atoms with E-state index in [9.17, 15) is 14.0 Å². The average molecular weight is 348 g/mol. The highest BCUT2D eigenvalue weighted by Crippen LogP contribution is 2.18. The normalized spacial score (nSPS) is 20.1. The lowest BCUT2D eigenvalue weighted by molar-refractivity contribution is -0.124. The summed E-state index contributed by atoms with van der Waals surface area (Å²) in [6.45, 7) is 5.15. The zero-order chi connectivity index (χ0) is 17.8. The maximum atomic E-state index is 13.7. The van der Waals surface area contributed by atoms with E-state index in [0.29, 0.717) is 25.7 Å². The highest BCUT2D eigenvalue weighted by Gasteiger charge is 2.28. The standard InChI is InChI=1S/C18H25FN4O2/c1-13(18(25)21-16-5-3-2-4-15(16)19)23-10-8-22(9-11-23)12-17(24)20-14-6-7-14/h2-5,13-14H,6-12H2,1H3,(H,20,24)(H,21,25). The van der Waals surface area contributed by atoms with E-state index in [1.165, 1.54) is 6.07 Å². The molecule has 2 amide bonds. The number of carbonyl (C=O) groups is 2. The molecule has 2 aliphatic rings. The summed E-state index contributed by atoms with van der Waals surface area (Å²) in [5.74, 6) is -0.569. The van der Waals surface area contributed by atoms with Crippen LogP contribution >= 0.6 is 0 Å². The van der Waals surface area contributed by atoms with Gasteiger partial charge in [-0.2, -0.15) is 0 Å². The third-order valence-corrected chi connectivity index (χ3v) is 4.78. The number of anilines is 1. The molecule has 1 saturated carbocycles. The summed E-state index contributed by atoms with van der Waals surface area (Å²) < 4.78 is 13.7. The van der Waals surface area contributed by atoms with Crippen LogP contribution in [0.1, 0.15) is 19.8 Å². The smallest absolute Gasteiger partial charge is 0.241 e. The van der Waals surface area contributed by atoms with Crippen LogP contribution in [0.3, 0.4) is 0 Å². The van der Waals surface area contributed by atoms with E-state index in [4.69, 9.17) is 0 Å². The topological polar surface area (TPSA) is 64.7 Å². The van der Waals surface area contributed by atoms with Crippen LogP contribution in [0.15, 0.2) is 24.3 Å². The first kappa shape index (κ1) is 17.8. The lowest BCUT2D eigenvalue weighted by Gasteiger charge is -2.37. The van der Waals surface area contributed by atoms with Gasteiger partial charge in [0.1, 0.15) is 5.82 Å². The molecule has 1 atom stereocenters. The fourth-order valence-corrected chi connectivity index (χ4v) is 2.98. The lowest BCUT2D eigenvalue weighted by atomic mass is 10.2. The molecule has 0 aromatic heterocycles. The van der Waals surface area contributed by atoms with Gasteiger partial charge in [-0.25, -0.2) is 4.39 Å². The third kappa shape index (κ3) is 4.99. The summed E-state index contributed by atoms with van der Waals surface area (Å²) in [5.41, 5.74) is 0.203. The molecular weight excluding hydrogens is 323 g/mol. The monoisotopic (exact) mass is 348 g/mol. The van der Waals surface area contributed by atoms with Crippen molar-refractivity contribution in [1.82, 2.24) is 15.1 Å². The quantitative estimate of drug-likeness (QED) is 0.807. The third-order valence-electron chi connectivity index (χ3n) is 4.78. The highest BCUT2D eigenvalue weighted by molar-refractivity contribution is 5.94. The Balaban J connectivity index is 1.44. The van der Waals surface area contributed by atoms with Crippen molar-refractivity contribution in [1.29, 1.82) is 0 Å². The number of hydrogen-bond donors (Lipinski definition) is 2. The molecule has 1 unspecified atom stereocenters. The maximum Gasteiger partial charge on any atom is 0.241 e. The van der Waals surface area contributed by atoms with Crippen LogP contribution < -0.4 is 10.6 Å². The fraction of sp³-hybridized carbons (Fsp3) is 0.556. The van der Waals surface area contributed by atoms with Gasteiger partial charge in [0.2, 0.25) is 11.8 Å². The summed E-state index contributed by atoms with van der Waals surface area (Å²) >= 11 is 0. The minimum absolute atomic E-state index is 0.0845. The van der Waals surface area contributed by atoms with Crippen LogP contribution in [0.25, 0.3) is 0 Å². The molecule has 1 heterocycles. The molecule has 2 N–H and O–H groups in total. The predicted octanol–water partition coefficient (Wildman–Crippen LogP) is 1.05. The van der Waals surface area contributed by atoms with Gasteiger partial charge in [-0.3, -0.25) is 19.4 Å². The van der Waals surface area contributed by atoms with Crippen molar-refractivity contribution < 1.29 is 14.0 Å². The van der Waals surface area contributed by atoms with E-state index in [2.05, 4.69) is 20.4 Å². The molecule has 7 heteroatoms. The van der Waals surface area contributed by atoms with Gasteiger partial charge in [-0.05, 0) is 31.9 Å². The molecule has 0 radical (unpaired) electrons. The van der Waals surface area contributed by atoms with Crippen molar-refractivity contribution in [2.75, 3.05) is 38.0 Å². The van der Waals surface area contributed by atoms with Crippen LogP contribution in [0.5, 0.6) is 0 Å². The minimum Gasteiger partial charge on any atom is -0.352 e.